The number of thiazole rings is 1. The Morgan fingerprint density at radius 1 is 1.23 bits per heavy atom. The van der Waals surface area contributed by atoms with E-state index >= 15 is 0 Å². The molecule has 31 heavy (non-hydrogen) atoms. The van der Waals surface area contributed by atoms with Crippen LogP contribution in [0.5, 0.6) is 5.75 Å². The number of nitrogens with zero attached hydrogens (tertiary/aromatic N) is 4. The highest BCUT2D eigenvalue weighted by atomic mass is 35.5. The van der Waals surface area contributed by atoms with Crippen LogP contribution in [0, 0.1) is 6.92 Å². The number of aromatic hydroxyl groups is 1. The van der Waals surface area contributed by atoms with Crippen molar-refractivity contribution in [1.82, 2.24) is 30.7 Å². The number of nitrogens with one attached hydrogen (secondary N) is 3. The predicted octanol–water partition coefficient (Wildman–Crippen LogP) is 4.16. The van der Waals surface area contributed by atoms with Crippen LogP contribution < -0.4 is 10.6 Å². The van der Waals surface area contributed by atoms with Gasteiger partial charge >= 0.3 is 0 Å². The van der Waals surface area contributed by atoms with E-state index in [0.717, 1.165) is 52.5 Å². The number of phenols is 1. The molecule has 0 saturated carbocycles. The van der Waals surface area contributed by atoms with E-state index in [1.165, 1.54) is 0 Å². The number of anilines is 1. The maximum absolute atomic E-state index is 10.8. The average Bonchev–Trinajstić information content (AvgIpc) is 3.38. The van der Waals surface area contributed by atoms with Gasteiger partial charge in [0, 0.05) is 24.3 Å². The van der Waals surface area contributed by atoms with Gasteiger partial charge in [-0.15, -0.1) is 46.3 Å². The van der Waals surface area contributed by atoms with Gasteiger partial charge in [-0.3, -0.25) is 5.10 Å². The lowest BCUT2D eigenvalue weighted by Gasteiger charge is -2.26. The Bertz CT molecular complexity index is 1160. The highest BCUT2D eigenvalue weighted by molar-refractivity contribution is 7.19. The van der Waals surface area contributed by atoms with E-state index in [1.807, 2.05) is 19.1 Å². The zero-order chi connectivity index (χ0) is 19.8. The number of halogens is 2. The Labute approximate surface area is 195 Å². The lowest BCUT2D eigenvalue weighted by atomic mass is 9.97. The van der Waals surface area contributed by atoms with Gasteiger partial charge in [-0.05, 0) is 37.9 Å². The molecule has 3 aromatic heterocycles. The number of H-pyrrole nitrogens is 1. The van der Waals surface area contributed by atoms with E-state index in [0.29, 0.717) is 16.9 Å². The number of hydrogen-bond donors (Lipinski definition) is 4. The Hall–Kier alpha value is -2.46. The maximum Gasteiger partial charge on any atom is 0.195 e. The molecule has 4 N–H and O–H groups in total. The van der Waals surface area contributed by atoms with Gasteiger partial charge in [0.05, 0.1) is 22.5 Å². The van der Waals surface area contributed by atoms with Crippen molar-refractivity contribution in [2.24, 2.45) is 0 Å². The predicted molar refractivity (Wildman–Crippen MR) is 129 cm³/mol. The molecule has 1 aromatic carbocycles. The average molecular weight is 480 g/mol. The molecule has 0 amide bonds. The van der Waals surface area contributed by atoms with Gasteiger partial charge in [0.1, 0.15) is 16.1 Å². The van der Waals surface area contributed by atoms with Crippen LogP contribution in [0.3, 0.4) is 0 Å². The topological polar surface area (TPSA) is 112 Å². The minimum Gasteiger partial charge on any atom is -0.507 e. The summed E-state index contributed by atoms with van der Waals surface area (Å²) in [4.78, 5) is 4.51. The first kappa shape index (κ1) is 23.2. The number of fused-ring (bicyclic) bond motifs is 1. The maximum atomic E-state index is 10.8. The van der Waals surface area contributed by atoms with Gasteiger partial charge in [-0.1, -0.05) is 12.1 Å². The van der Waals surface area contributed by atoms with Crippen molar-refractivity contribution >= 4 is 52.2 Å². The molecule has 0 bridgehead atoms. The zero-order valence-corrected chi connectivity index (χ0v) is 19.2. The minimum absolute atomic E-state index is 0. The molecule has 5 rings (SSSR count). The summed E-state index contributed by atoms with van der Waals surface area (Å²) in [6, 6.07) is 5.73. The first-order valence-corrected chi connectivity index (χ1v) is 10.4. The number of hydrogen-bond acceptors (Lipinski definition) is 8. The summed E-state index contributed by atoms with van der Waals surface area (Å²) in [5, 5.41) is 34.6. The molecule has 1 saturated heterocycles. The SMILES string of the molecule is Cc1nc2nnc(-c3c(O)cccc3-c3cn[nH]c3)c(N[C@H]3CCCNC3)c2s1.Cl.Cl. The van der Waals surface area contributed by atoms with Crippen molar-refractivity contribution in [1.29, 1.82) is 0 Å². The van der Waals surface area contributed by atoms with E-state index in [9.17, 15) is 5.11 Å². The Morgan fingerprint density at radius 2 is 2.10 bits per heavy atom. The summed E-state index contributed by atoms with van der Waals surface area (Å²) in [6.45, 7) is 3.89. The summed E-state index contributed by atoms with van der Waals surface area (Å²) in [7, 11) is 0. The molecule has 0 spiro atoms. The Morgan fingerprint density at radius 3 is 2.84 bits per heavy atom. The van der Waals surface area contributed by atoms with Crippen LogP contribution in [-0.2, 0) is 0 Å². The molecule has 8 nitrogen and oxygen atoms in total. The molecule has 1 aliphatic heterocycles. The lowest BCUT2D eigenvalue weighted by molar-refractivity contribution is 0.476. The van der Waals surface area contributed by atoms with Gasteiger partial charge in [0.15, 0.2) is 5.65 Å². The quantitative estimate of drug-likeness (QED) is 0.347. The third kappa shape index (κ3) is 4.45. The van der Waals surface area contributed by atoms with Gasteiger partial charge in [-0.2, -0.15) is 5.10 Å². The fourth-order valence-electron chi connectivity index (χ4n) is 3.82. The van der Waals surface area contributed by atoms with Gasteiger partial charge in [0.2, 0.25) is 0 Å². The Balaban J connectivity index is 0.00000136. The smallest absolute Gasteiger partial charge is 0.195 e. The standard InChI is InChI=1S/C20H21N7OS.2ClH/c1-11-24-20-19(29-11)18(25-13-4-3-7-21-10-13)17(26-27-20)16-14(5-2-6-15(16)28)12-8-22-23-9-12;;/h2,5-6,8-9,13,21,28H,3-4,7,10H2,1H3,(H,22,23)(H,25,27);2*1H/t13-;;/m0../s1. The van der Waals surface area contributed by atoms with E-state index in [2.05, 4.69) is 36.0 Å². The second kappa shape index (κ2) is 9.78. The molecule has 4 heterocycles. The third-order valence-electron chi connectivity index (χ3n) is 5.16. The van der Waals surface area contributed by atoms with Crippen LogP contribution in [0.15, 0.2) is 30.6 Å². The number of piperidine rings is 1. The molecule has 0 radical (unpaired) electrons. The van der Waals surface area contributed by atoms with Crippen LogP contribution in [0.25, 0.3) is 32.7 Å². The largest absolute Gasteiger partial charge is 0.507 e. The number of aryl methyl sites for hydroxylation is 1. The highest BCUT2D eigenvalue weighted by Crippen LogP contribution is 2.43. The number of rotatable bonds is 4. The van der Waals surface area contributed by atoms with E-state index in [-0.39, 0.29) is 36.6 Å². The molecule has 164 valence electrons. The van der Waals surface area contributed by atoms with Crippen molar-refractivity contribution in [3.05, 3.63) is 35.6 Å². The zero-order valence-electron chi connectivity index (χ0n) is 16.8. The molecular formula is C20H23Cl2N7OS. The first-order valence-electron chi connectivity index (χ1n) is 9.63. The van der Waals surface area contributed by atoms with Crippen molar-refractivity contribution < 1.29 is 5.11 Å². The third-order valence-corrected chi connectivity index (χ3v) is 6.14. The minimum atomic E-state index is 0. The fraction of sp³-hybridized carbons (Fsp3) is 0.300. The van der Waals surface area contributed by atoms with Crippen molar-refractivity contribution in [2.45, 2.75) is 25.8 Å². The van der Waals surface area contributed by atoms with Gasteiger partial charge < -0.3 is 15.7 Å². The van der Waals surface area contributed by atoms with E-state index < -0.39 is 0 Å². The van der Waals surface area contributed by atoms with Crippen molar-refractivity contribution in [3.63, 3.8) is 0 Å². The van der Waals surface area contributed by atoms with Crippen LogP contribution in [0.4, 0.5) is 5.69 Å². The molecule has 1 fully saturated rings. The summed E-state index contributed by atoms with van der Waals surface area (Å²) in [5.41, 5.74) is 4.49. The molecule has 4 aromatic rings. The second-order valence-electron chi connectivity index (χ2n) is 7.18. The summed E-state index contributed by atoms with van der Waals surface area (Å²) >= 11 is 1.59. The fourth-order valence-corrected chi connectivity index (χ4v) is 4.68. The number of aromatic nitrogens is 5. The number of benzene rings is 1. The number of aromatic amines is 1. The van der Waals surface area contributed by atoms with Crippen LogP contribution in [-0.4, -0.2) is 49.6 Å². The molecule has 0 unspecified atom stereocenters. The van der Waals surface area contributed by atoms with E-state index in [1.54, 1.807) is 29.8 Å². The number of phenolic OH excluding ortho intramolecular Hbond substituents is 1. The summed E-state index contributed by atoms with van der Waals surface area (Å²) < 4.78 is 0.958. The highest BCUT2D eigenvalue weighted by Gasteiger charge is 2.24. The molecular weight excluding hydrogens is 457 g/mol. The van der Waals surface area contributed by atoms with Crippen LogP contribution in [0.2, 0.25) is 0 Å². The Kier molecular flexibility index (Phi) is 7.32. The molecule has 0 aliphatic carbocycles. The van der Waals surface area contributed by atoms with E-state index in [4.69, 9.17) is 0 Å². The van der Waals surface area contributed by atoms with Crippen LogP contribution in [0.1, 0.15) is 17.8 Å². The van der Waals surface area contributed by atoms with Crippen LogP contribution >= 0.6 is 36.2 Å². The molecule has 1 aliphatic rings. The summed E-state index contributed by atoms with van der Waals surface area (Å²) in [5.74, 6) is 0.156. The van der Waals surface area contributed by atoms with Crippen molar-refractivity contribution in [3.8, 4) is 28.1 Å². The van der Waals surface area contributed by atoms with Gasteiger partial charge in [0.25, 0.3) is 0 Å². The molecule has 1 atom stereocenters. The normalized spacial score (nSPS) is 15.8. The monoisotopic (exact) mass is 479 g/mol. The molecule has 11 heteroatoms. The summed E-state index contributed by atoms with van der Waals surface area (Å²) in [6.07, 6.45) is 5.73. The lowest BCUT2D eigenvalue weighted by Crippen LogP contribution is -2.38. The first-order chi connectivity index (χ1) is 14.2. The van der Waals surface area contributed by atoms with Gasteiger partial charge in [-0.25, -0.2) is 4.98 Å². The van der Waals surface area contributed by atoms with Crippen molar-refractivity contribution in [2.75, 3.05) is 18.4 Å². The second-order valence-corrected chi connectivity index (χ2v) is 8.39.